The third-order valence-corrected chi connectivity index (χ3v) is 6.21. The molecular formula is C24H21F6N3O3. The Morgan fingerprint density at radius 1 is 1.14 bits per heavy atom. The monoisotopic (exact) mass is 513 g/mol. The number of imide groups is 1. The fourth-order valence-electron chi connectivity index (χ4n) is 4.45. The maximum absolute atomic E-state index is 13.3. The van der Waals surface area contributed by atoms with Gasteiger partial charge in [0.05, 0.1) is 5.57 Å². The highest BCUT2D eigenvalue weighted by atomic mass is 19.4. The van der Waals surface area contributed by atoms with Crippen LogP contribution in [0, 0.1) is 11.8 Å². The van der Waals surface area contributed by atoms with Gasteiger partial charge in [-0.2, -0.15) is 26.3 Å². The van der Waals surface area contributed by atoms with Crippen molar-refractivity contribution in [1.82, 2.24) is 15.2 Å². The molecule has 1 aromatic heterocycles. The van der Waals surface area contributed by atoms with Gasteiger partial charge in [-0.1, -0.05) is 37.3 Å². The molecule has 36 heavy (non-hydrogen) atoms. The lowest BCUT2D eigenvalue weighted by atomic mass is 9.81. The average Bonchev–Trinajstić information content (AvgIpc) is 2.82. The van der Waals surface area contributed by atoms with Crippen LogP contribution in [-0.4, -0.2) is 47.0 Å². The summed E-state index contributed by atoms with van der Waals surface area (Å²) in [7, 11) is 0. The zero-order valence-electron chi connectivity index (χ0n) is 18.9. The van der Waals surface area contributed by atoms with E-state index < -0.39 is 60.0 Å². The van der Waals surface area contributed by atoms with Crippen molar-refractivity contribution >= 4 is 22.9 Å². The third-order valence-electron chi connectivity index (χ3n) is 6.21. The highest BCUT2D eigenvalue weighted by Gasteiger charge is 2.47. The predicted molar refractivity (Wildman–Crippen MR) is 117 cm³/mol. The van der Waals surface area contributed by atoms with Crippen LogP contribution in [-0.2, 0) is 11.3 Å². The van der Waals surface area contributed by atoms with Crippen molar-refractivity contribution in [2.24, 2.45) is 11.8 Å². The van der Waals surface area contributed by atoms with Gasteiger partial charge in [0.1, 0.15) is 6.10 Å². The summed E-state index contributed by atoms with van der Waals surface area (Å²) in [5.74, 6) is -2.08. The van der Waals surface area contributed by atoms with E-state index in [2.05, 4.69) is 10.3 Å². The molecule has 1 saturated heterocycles. The Morgan fingerprint density at radius 3 is 2.56 bits per heavy atom. The summed E-state index contributed by atoms with van der Waals surface area (Å²) < 4.78 is 84.8. The van der Waals surface area contributed by atoms with Crippen LogP contribution in [0.15, 0.2) is 60.0 Å². The molecule has 3 atom stereocenters. The minimum Gasteiger partial charge on any atom is -0.445 e. The standard InChI is InChI=1S/C24H21F6N3O3/c1-13-12-33(21(34)32-11-16-10-31-9-14-4-2-3-5-19(14)16)22(35)36-20(13)15-6-17(23(25,26)27)8-18(7-15)24(28,29)30/h2-6,8-10,13,15,20H,7,11-12H2,1H3,(H,32,34)/t13-,15?,20+/m1/s1. The van der Waals surface area contributed by atoms with Crippen LogP contribution in [0.25, 0.3) is 10.8 Å². The molecule has 4 rings (SSSR count). The van der Waals surface area contributed by atoms with Gasteiger partial charge in [0.15, 0.2) is 0 Å². The van der Waals surface area contributed by atoms with E-state index in [0.29, 0.717) is 11.6 Å². The maximum Gasteiger partial charge on any atom is 0.418 e. The molecule has 0 saturated carbocycles. The van der Waals surface area contributed by atoms with Gasteiger partial charge in [0.25, 0.3) is 0 Å². The molecule has 1 aliphatic heterocycles. The first-order valence-corrected chi connectivity index (χ1v) is 11.0. The second kappa shape index (κ2) is 9.47. The number of alkyl halides is 6. The smallest absolute Gasteiger partial charge is 0.418 e. The van der Waals surface area contributed by atoms with E-state index in [4.69, 9.17) is 4.74 Å². The van der Waals surface area contributed by atoms with E-state index in [9.17, 15) is 35.9 Å². The van der Waals surface area contributed by atoms with Gasteiger partial charge in [0, 0.05) is 48.3 Å². The molecule has 12 heteroatoms. The fraction of sp³-hybridized carbons (Fsp3) is 0.375. The largest absolute Gasteiger partial charge is 0.445 e. The predicted octanol–water partition coefficient (Wildman–Crippen LogP) is 5.90. The average molecular weight is 513 g/mol. The van der Waals surface area contributed by atoms with Crippen LogP contribution in [0.4, 0.5) is 35.9 Å². The van der Waals surface area contributed by atoms with E-state index in [-0.39, 0.29) is 19.2 Å². The molecule has 0 spiro atoms. The Bertz CT molecular complexity index is 1230. The Kier molecular flexibility index (Phi) is 6.72. The van der Waals surface area contributed by atoms with Gasteiger partial charge in [-0.3, -0.25) is 4.98 Å². The van der Waals surface area contributed by atoms with Gasteiger partial charge >= 0.3 is 24.5 Å². The van der Waals surface area contributed by atoms with Crippen LogP contribution in [0.3, 0.4) is 0 Å². The first-order chi connectivity index (χ1) is 16.8. The van der Waals surface area contributed by atoms with Crippen LogP contribution >= 0.6 is 0 Å². The molecule has 192 valence electrons. The number of allylic oxidation sites excluding steroid dienone is 3. The van der Waals surface area contributed by atoms with E-state index in [0.717, 1.165) is 15.7 Å². The molecule has 2 aliphatic rings. The van der Waals surface area contributed by atoms with Gasteiger partial charge < -0.3 is 10.1 Å². The lowest BCUT2D eigenvalue weighted by Gasteiger charge is -2.39. The third kappa shape index (κ3) is 5.31. The molecule has 2 aromatic rings. The number of aromatic nitrogens is 1. The summed E-state index contributed by atoms with van der Waals surface area (Å²) in [4.78, 5) is 30.1. The number of amides is 3. The molecular weight excluding hydrogens is 492 g/mol. The van der Waals surface area contributed by atoms with Crippen molar-refractivity contribution in [1.29, 1.82) is 0 Å². The van der Waals surface area contributed by atoms with Crippen molar-refractivity contribution in [2.45, 2.75) is 38.3 Å². The molecule has 1 aromatic carbocycles. The van der Waals surface area contributed by atoms with E-state index in [1.165, 1.54) is 6.92 Å². The van der Waals surface area contributed by atoms with Crippen molar-refractivity contribution in [2.75, 3.05) is 6.54 Å². The molecule has 0 radical (unpaired) electrons. The summed E-state index contributed by atoms with van der Waals surface area (Å²) >= 11 is 0. The van der Waals surface area contributed by atoms with E-state index >= 15 is 0 Å². The number of pyridine rings is 1. The van der Waals surface area contributed by atoms with Crippen molar-refractivity contribution in [3.8, 4) is 0 Å². The Balaban J connectivity index is 1.46. The molecule has 0 bridgehead atoms. The quantitative estimate of drug-likeness (QED) is 0.519. The number of ether oxygens (including phenoxy) is 1. The SMILES string of the molecule is C[C@@H]1CN(C(=O)NCc2cncc3ccccc23)C(=O)O[C@@H]1C1C=C(C(F)(F)F)C=C(C(F)(F)F)C1. The number of nitrogens with zero attached hydrogens (tertiary/aromatic N) is 2. The number of benzene rings is 1. The second-order valence-corrected chi connectivity index (χ2v) is 8.77. The zero-order chi connectivity index (χ0) is 26.3. The van der Waals surface area contributed by atoms with Gasteiger partial charge in [0.2, 0.25) is 0 Å². The number of cyclic esters (lactones) is 1. The van der Waals surface area contributed by atoms with Crippen LogP contribution < -0.4 is 5.32 Å². The van der Waals surface area contributed by atoms with Gasteiger partial charge in [-0.05, 0) is 23.4 Å². The maximum atomic E-state index is 13.3. The Labute approximate surface area is 201 Å². The topological polar surface area (TPSA) is 71.5 Å². The van der Waals surface area contributed by atoms with E-state index in [1.54, 1.807) is 12.4 Å². The second-order valence-electron chi connectivity index (χ2n) is 8.77. The number of urea groups is 1. The summed E-state index contributed by atoms with van der Waals surface area (Å²) in [6.07, 6.45) is -9.19. The molecule has 1 unspecified atom stereocenters. The minimum absolute atomic E-state index is 0.0365. The number of hydrogen-bond acceptors (Lipinski definition) is 4. The summed E-state index contributed by atoms with van der Waals surface area (Å²) in [6, 6.07) is 6.54. The zero-order valence-corrected chi connectivity index (χ0v) is 18.9. The number of rotatable bonds is 3. The van der Waals surface area contributed by atoms with Crippen LogP contribution in [0.5, 0.6) is 0 Å². The van der Waals surface area contributed by atoms with Crippen LogP contribution in [0.1, 0.15) is 18.9 Å². The van der Waals surface area contributed by atoms with Gasteiger partial charge in [-0.25, -0.2) is 14.5 Å². The number of hydrogen-bond donors (Lipinski definition) is 1. The number of carbonyl (C=O) groups is 2. The summed E-state index contributed by atoms with van der Waals surface area (Å²) in [6.45, 7) is 1.30. The molecule has 1 fully saturated rings. The highest BCUT2D eigenvalue weighted by Crippen LogP contribution is 2.42. The van der Waals surface area contributed by atoms with Crippen molar-refractivity contribution < 1.29 is 40.7 Å². The molecule has 1 N–H and O–H groups in total. The lowest BCUT2D eigenvalue weighted by Crippen LogP contribution is -2.54. The minimum atomic E-state index is -5.00. The number of halogens is 6. The Hall–Kier alpha value is -3.57. The molecule has 2 heterocycles. The summed E-state index contributed by atoms with van der Waals surface area (Å²) in [5, 5.41) is 4.29. The van der Waals surface area contributed by atoms with E-state index in [1.807, 2.05) is 24.3 Å². The number of fused-ring (bicyclic) bond motifs is 1. The first-order valence-electron chi connectivity index (χ1n) is 11.0. The molecule has 6 nitrogen and oxygen atoms in total. The lowest BCUT2D eigenvalue weighted by molar-refractivity contribution is -0.103. The number of carbonyl (C=O) groups excluding carboxylic acids is 2. The molecule has 3 amide bonds. The fourth-order valence-corrected chi connectivity index (χ4v) is 4.45. The van der Waals surface area contributed by atoms with Crippen LogP contribution in [0.2, 0.25) is 0 Å². The normalized spacial score (nSPS) is 23.1. The highest BCUT2D eigenvalue weighted by molar-refractivity contribution is 5.92. The first kappa shape index (κ1) is 25.5. The Morgan fingerprint density at radius 2 is 1.86 bits per heavy atom. The van der Waals surface area contributed by atoms with Gasteiger partial charge in [-0.15, -0.1) is 0 Å². The molecule has 1 aliphatic carbocycles. The van der Waals surface area contributed by atoms with Crippen molar-refractivity contribution in [3.63, 3.8) is 0 Å². The summed E-state index contributed by atoms with van der Waals surface area (Å²) in [5.41, 5.74) is -2.11. The number of nitrogens with one attached hydrogen (secondary N) is 1. The van der Waals surface area contributed by atoms with Crippen molar-refractivity contribution in [3.05, 3.63) is 65.5 Å².